The molecule has 0 atom stereocenters. The first-order valence-corrected chi connectivity index (χ1v) is 9.49. The number of halogens is 1. The Labute approximate surface area is 181 Å². The van der Waals surface area contributed by atoms with Crippen molar-refractivity contribution < 1.29 is 33.3 Å². The van der Waals surface area contributed by atoms with E-state index in [1.807, 2.05) is 26.2 Å². The number of aromatic nitrogens is 1. The number of rotatable bonds is 5. The van der Waals surface area contributed by atoms with Gasteiger partial charge in [-0.05, 0) is 42.8 Å². The Hall–Kier alpha value is -1.93. The molecule has 1 aromatic heterocycles. The van der Waals surface area contributed by atoms with Gasteiger partial charge in [0.2, 0.25) is 11.4 Å². The fourth-order valence-electron chi connectivity index (χ4n) is 2.89. The smallest absolute Gasteiger partial charge is 0.262 e. The molecule has 142 valence electrons. The molecule has 0 aliphatic heterocycles. The standard InChI is InChI=1S/C21H23N3OS.HI/c1-5-24-19-12-9-17(22-15(2)25)14-20(19)26-21(24)13-8-16-6-10-18(11-7-16)23(3)4;/h6-14H,5H2,1-4H3;1H. The van der Waals surface area contributed by atoms with E-state index in [-0.39, 0.29) is 29.9 Å². The normalized spacial score (nSPS) is 10.8. The summed E-state index contributed by atoms with van der Waals surface area (Å²) in [6.07, 6.45) is 4.31. The average molecular weight is 493 g/mol. The second kappa shape index (κ2) is 9.32. The number of nitrogens with one attached hydrogen (secondary N) is 1. The summed E-state index contributed by atoms with van der Waals surface area (Å²) < 4.78 is 3.46. The predicted octanol–water partition coefficient (Wildman–Crippen LogP) is 1.41. The minimum absolute atomic E-state index is 0. The summed E-state index contributed by atoms with van der Waals surface area (Å²) in [7, 11) is 4.09. The van der Waals surface area contributed by atoms with Crippen LogP contribution in [-0.4, -0.2) is 20.0 Å². The van der Waals surface area contributed by atoms with E-state index in [9.17, 15) is 4.79 Å². The van der Waals surface area contributed by atoms with E-state index in [2.05, 4.69) is 64.2 Å². The molecule has 0 aliphatic rings. The van der Waals surface area contributed by atoms with E-state index in [1.165, 1.54) is 33.4 Å². The third kappa shape index (κ3) is 5.07. The van der Waals surface area contributed by atoms with Gasteiger partial charge in [0, 0.05) is 44.5 Å². The Kier molecular flexibility index (Phi) is 7.38. The van der Waals surface area contributed by atoms with E-state index in [0.29, 0.717) is 0 Å². The van der Waals surface area contributed by atoms with Crippen LogP contribution in [0.4, 0.5) is 11.4 Å². The minimum atomic E-state index is -0.0504. The number of aryl methyl sites for hydroxylation is 1. The molecule has 0 bridgehead atoms. The fourth-order valence-corrected chi connectivity index (χ4v) is 4.06. The Morgan fingerprint density at radius 2 is 1.85 bits per heavy atom. The Morgan fingerprint density at radius 1 is 1.15 bits per heavy atom. The van der Waals surface area contributed by atoms with E-state index >= 15 is 0 Å². The van der Waals surface area contributed by atoms with Crippen molar-refractivity contribution in [3.8, 4) is 0 Å². The maximum Gasteiger partial charge on any atom is 0.262 e. The van der Waals surface area contributed by atoms with Gasteiger partial charge in [0.15, 0.2) is 0 Å². The molecule has 0 aliphatic carbocycles. The van der Waals surface area contributed by atoms with Crippen molar-refractivity contribution >= 4 is 51.0 Å². The van der Waals surface area contributed by atoms with Crippen molar-refractivity contribution in [2.75, 3.05) is 24.3 Å². The van der Waals surface area contributed by atoms with Crippen LogP contribution >= 0.6 is 11.3 Å². The van der Waals surface area contributed by atoms with Crippen molar-refractivity contribution in [3.05, 3.63) is 53.0 Å². The lowest BCUT2D eigenvalue weighted by Gasteiger charge is -2.11. The molecule has 4 nitrogen and oxygen atoms in total. The summed E-state index contributed by atoms with van der Waals surface area (Å²) in [6, 6.07) is 14.6. The number of hydrogen-bond acceptors (Lipinski definition) is 3. The highest BCUT2D eigenvalue weighted by Crippen LogP contribution is 2.25. The van der Waals surface area contributed by atoms with Gasteiger partial charge in [-0.15, -0.1) is 0 Å². The number of carbonyl (C=O) groups excluding carboxylic acids is 1. The zero-order valence-corrected chi connectivity index (χ0v) is 19.0. The van der Waals surface area contributed by atoms with Gasteiger partial charge in [0.1, 0.15) is 11.2 Å². The summed E-state index contributed by atoms with van der Waals surface area (Å²) in [5.74, 6) is -0.0504. The number of carbonyl (C=O) groups is 1. The second-order valence-electron chi connectivity index (χ2n) is 6.37. The molecule has 6 heteroatoms. The quantitative estimate of drug-likeness (QED) is 0.431. The molecule has 0 fully saturated rings. The number of anilines is 2. The van der Waals surface area contributed by atoms with Crippen LogP contribution < -0.4 is 38.8 Å². The molecule has 0 unspecified atom stereocenters. The summed E-state index contributed by atoms with van der Waals surface area (Å²) in [4.78, 5) is 13.4. The molecule has 0 saturated heterocycles. The zero-order valence-electron chi connectivity index (χ0n) is 16.0. The summed E-state index contributed by atoms with van der Waals surface area (Å²) in [5.41, 5.74) is 4.39. The molecule has 0 saturated carbocycles. The summed E-state index contributed by atoms with van der Waals surface area (Å²) in [5, 5.41) is 4.05. The van der Waals surface area contributed by atoms with E-state index in [1.54, 1.807) is 11.3 Å². The van der Waals surface area contributed by atoms with E-state index in [0.717, 1.165) is 12.2 Å². The largest absolute Gasteiger partial charge is 1.00 e. The maximum atomic E-state index is 11.3. The number of thiazole rings is 1. The SMILES string of the molecule is CC[n+]1c(/C=C/c2ccc(N(C)C)cc2)sc2cc(NC(C)=O)ccc21.[I-]. The molecule has 3 rings (SSSR count). The monoisotopic (exact) mass is 493 g/mol. The molecular weight excluding hydrogens is 469 g/mol. The first kappa shape index (κ1) is 21.4. The van der Waals surface area contributed by atoms with E-state index < -0.39 is 0 Å². The zero-order chi connectivity index (χ0) is 18.7. The highest BCUT2D eigenvalue weighted by molar-refractivity contribution is 7.18. The van der Waals surface area contributed by atoms with Crippen molar-refractivity contribution in [2.24, 2.45) is 0 Å². The lowest BCUT2D eigenvalue weighted by molar-refractivity contribution is -0.665. The van der Waals surface area contributed by atoms with Gasteiger partial charge in [-0.25, -0.2) is 0 Å². The highest BCUT2D eigenvalue weighted by Gasteiger charge is 2.17. The second-order valence-corrected chi connectivity index (χ2v) is 7.43. The molecule has 1 amide bonds. The molecule has 1 heterocycles. The van der Waals surface area contributed by atoms with Crippen LogP contribution in [0.5, 0.6) is 0 Å². The molecule has 2 aromatic carbocycles. The third-order valence-electron chi connectivity index (χ3n) is 4.20. The molecule has 27 heavy (non-hydrogen) atoms. The van der Waals surface area contributed by atoms with Gasteiger partial charge >= 0.3 is 0 Å². The highest BCUT2D eigenvalue weighted by atomic mass is 127. The van der Waals surface area contributed by atoms with Crippen LogP contribution in [0.2, 0.25) is 0 Å². The van der Waals surface area contributed by atoms with Crippen LogP contribution in [0.3, 0.4) is 0 Å². The number of fused-ring (bicyclic) bond motifs is 1. The van der Waals surface area contributed by atoms with E-state index in [4.69, 9.17) is 0 Å². The average Bonchev–Trinajstić information content (AvgIpc) is 2.96. The van der Waals surface area contributed by atoms with Gasteiger partial charge in [-0.3, -0.25) is 4.79 Å². The Bertz CT molecular complexity index is 961. The molecule has 0 radical (unpaired) electrons. The van der Waals surface area contributed by atoms with Crippen LogP contribution in [-0.2, 0) is 11.3 Å². The van der Waals surface area contributed by atoms with Gasteiger partial charge in [0.25, 0.3) is 5.01 Å². The van der Waals surface area contributed by atoms with Crippen molar-refractivity contribution in [2.45, 2.75) is 20.4 Å². The lowest BCUT2D eigenvalue weighted by atomic mass is 10.2. The number of nitrogens with zero attached hydrogens (tertiary/aromatic N) is 2. The Balaban J connectivity index is 0.00000261. The van der Waals surface area contributed by atoms with Crippen LogP contribution in [0.1, 0.15) is 24.4 Å². The van der Waals surface area contributed by atoms with Crippen LogP contribution in [0, 0.1) is 0 Å². The van der Waals surface area contributed by atoms with Crippen molar-refractivity contribution in [1.29, 1.82) is 0 Å². The number of amides is 1. The maximum absolute atomic E-state index is 11.3. The molecule has 1 N–H and O–H groups in total. The minimum Gasteiger partial charge on any atom is -1.00 e. The van der Waals surface area contributed by atoms with Crippen molar-refractivity contribution in [1.82, 2.24) is 0 Å². The predicted molar refractivity (Wildman–Crippen MR) is 112 cm³/mol. The molecule has 3 aromatic rings. The van der Waals surface area contributed by atoms with Gasteiger partial charge < -0.3 is 34.2 Å². The van der Waals surface area contributed by atoms with Gasteiger partial charge in [-0.2, -0.15) is 4.57 Å². The summed E-state index contributed by atoms with van der Waals surface area (Å²) in [6.45, 7) is 4.58. The first-order valence-electron chi connectivity index (χ1n) is 8.67. The summed E-state index contributed by atoms with van der Waals surface area (Å²) >= 11 is 1.73. The van der Waals surface area contributed by atoms with Crippen LogP contribution in [0.25, 0.3) is 22.4 Å². The van der Waals surface area contributed by atoms with Crippen LogP contribution in [0.15, 0.2) is 42.5 Å². The molecular formula is C21H24IN3OS. The first-order chi connectivity index (χ1) is 12.5. The van der Waals surface area contributed by atoms with Gasteiger partial charge in [0.05, 0.1) is 0 Å². The number of benzene rings is 2. The number of hydrogen-bond donors (Lipinski definition) is 1. The topological polar surface area (TPSA) is 36.2 Å². The van der Waals surface area contributed by atoms with Crippen molar-refractivity contribution in [3.63, 3.8) is 0 Å². The van der Waals surface area contributed by atoms with Gasteiger partial charge in [-0.1, -0.05) is 23.5 Å². The molecule has 0 spiro atoms. The Morgan fingerprint density at radius 3 is 2.44 bits per heavy atom. The third-order valence-corrected chi connectivity index (χ3v) is 5.31. The fraction of sp³-hybridized carbons (Fsp3) is 0.238. The lowest BCUT2D eigenvalue weighted by Crippen LogP contribution is -3.00.